The second-order valence-electron chi connectivity index (χ2n) is 7.10. The average Bonchev–Trinajstić information content (AvgIpc) is 3.35. The molecule has 0 spiro atoms. The van der Waals surface area contributed by atoms with E-state index >= 15 is 0 Å². The van der Waals surface area contributed by atoms with Crippen LogP contribution in [-0.4, -0.2) is 48.9 Å². The fourth-order valence-electron chi connectivity index (χ4n) is 3.50. The van der Waals surface area contributed by atoms with Crippen molar-refractivity contribution in [1.82, 2.24) is 10.1 Å². The zero-order valence-corrected chi connectivity index (χ0v) is 17.3. The van der Waals surface area contributed by atoms with Crippen LogP contribution in [0.4, 0.5) is 0 Å². The van der Waals surface area contributed by atoms with E-state index in [0.717, 1.165) is 25.0 Å². The maximum Gasteiger partial charge on any atom is 0.259 e. The monoisotopic (exact) mass is 400 g/mol. The Morgan fingerprint density at radius 3 is 2.83 bits per heavy atom. The number of carbonyl (C=O) groups is 1. The van der Waals surface area contributed by atoms with Crippen LogP contribution in [0.2, 0.25) is 0 Å². The molecule has 2 aromatic rings. The molecule has 0 bridgehead atoms. The Labute approximate surface area is 171 Å². The SMILES string of the molecule is C=CCOc1ccc(CN(C[C@@H]2CCCO2)C(=O)c2c(C)noc2C)cc1OC. The second-order valence-corrected chi connectivity index (χ2v) is 7.10. The highest BCUT2D eigenvalue weighted by Gasteiger charge is 2.27. The molecule has 1 aliphatic heterocycles. The first-order chi connectivity index (χ1) is 14.0. The van der Waals surface area contributed by atoms with E-state index in [0.29, 0.717) is 48.2 Å². The van der Waals surface area contributed by atoms with Crippen LogP contribution in [0.15, 0.2) is 35.4 Å². The smallest absolute Gasteiger partial charge is 0.259 e. The Morgan fingerprint density at radius 2 is 2.21 bits per heavy atom. The van der Waals surface area contributed by atoms with Crippen LogP contribution in [0.5, 0.6) is 11.5 Å². The Hall–Kier alpha value is -2.80. The molecule has 7 nitrogen and oxygen atoms in total. The summed E-state index contributed by atoms with van der Waals surface area (Å²) in [5.74, 6) is 1.67. The summed E-state index contributed by atoms with van der Waals surface area (Å²) >= 11 is 0. The largest absolute Gasteiger partial charge is 0.493 e. The number of hydrogen-bond acceptors (Lipinski definition) is 6. The fourth-order valence-corrected chi connectivity index (χ4v) is 3.50. The van der Waals surface area contributed by atoms with Gasteiger partial charge in [0, 0.05) is 19.7 Å². The van der Waals surface area contributed by atoms with E-state index < -0.39 is 0 Å². The van der Waals surface area contributed by atoms with Gasteiger partial charge < -0.3 is 23.6 Å². The van der Waals surface area contributed by atoms with E-state index in [4.69, 9.17) is 18.7 Å². The van der Waals surface area contributed by atoms with E-state index in [-0.39, 0.29) is 12.0 Å². The van der Waals surface area contributed by atoms with Gasteiger partial charge in [-0.3, -0.25) is 4.79 Å². The van der Waals surface area contributed by atoms with Crippen LogP contribution in [0.3, 0.4) is 0 Å². The molecule has 1 aromatic carbocycles. The lowest BCUT2D eigenvalue weighted by molar-refractivity contribution is 0.0505. The normalized spacial score (nSPS) is 15.9. The highest BCUT2D eigenvalue weighted by atomic mass is 16.5. The number of aryl methyl sites for hydroxylation is 2. The molecule has 0 aliphatic carbocycles. The van der Waals surface area contributed by atoms with E-state index in [2.05, 4.69) is 11.7 Å². The summed E-state index contributed by atoms with van der Waals surface area (Å²) in [5, 5.41) is 3.93. The summed E-state index contributed by atoms with van der Waals surface area (Å²) in [6.07, 6.45) is 3.68. The second kappa shape index (κ2) is 9.60. The molecule has 1 amide bonds. The first kappa shape index (κ1) is 20.9. The Bertz CT molecular complexity index is 835. The van der Waals surface area contributed by atoms with Crippen LogP contribution in [0, 0.1) is 13.8 Å². The molecule has 1 fully saturated rings. The van der Waals surface area contributed by atoms with Crippen LogP contribution in [0.25, 0.3) is 0 Å². The topological polar surface area (TPSA) is 74.0 Å². The van der Waals surface area contributed by atoms with Gasteiger partial charge in [0.05, 0.1) is 18.9 Å². The number of methoxy groups -OCH3 is 1. The first-order valence-electron chi connectivity index (χ1n) is 9.77. The predicted octanol–water partition coefficient (Wildman–Crippen LogP) is 3.69. The fraction of sp³-hybridized carbons (Fsp3) is 0.455. The lowest BCUT2D eigenvalue weighted by Gasteiger charge is -2.26. The van der Waals surface area contributed by atoms with Gasteiger partial charge in [0.2, 0.25) is 0 Å². The zero-order chi connectivity index (χ0) is 20.8. The number of ether oxygens (including phenoxy) is 3. The third kappa shape index (κ3) is 4.98. The molecular formula is C22H28N2O5. The van der Waals surface area contributed by atoms with E-state index in [9.17, 15) is 4.79 Å². The van der Waals surface area contributed by atoms with Crippen molar-refractivity contribution in [3.8, 4) is 11.5 Å². The van der Waals surface area contributed by atoms with Crippen molar-refractivity contribution in [3.63, 3.8) is 0 Å². The maximum atomic E-state index is 13.3. The van der Waals surface area contributed by atoms with Crippen molar-refractivity contribution in [2.24, 2.45) is 0 Å². The average molecular weight is 400 g/mol. The van der Waals surface area contributed by atoms with Crippen LogP contribution < -0.4 is 9.47 Å². The Balaban J connectivity index is 1.84. The van der Waals surface area contributed by atoms with Gasteiger partial charge in [-0.05, 0) is 44.4 Å². The van der Waals surface area contributed by atoms with Gasteiger partial charge in [0.15, 0.2) is 11.5 Å². The molecule has 1 saturated heterocycles. The lowest BCUT2D eigenvalue weighted by atomic mass is 10.1. The third-order valence-electron chi connectivity index (χ3n) is 4.94. The molecule has 0 radical (unpaired) electrons. The summed E-state index contributed by atoms with van der Waals surface area (Å²) in [4.78, 5) is 15.1. The predicted molar refractivity (Wildman–Crippen MR) is 108 cm³/mol. The van der Waals surface area contributed by atoms with E-state index in [1.807, 2.05) is 18.2 Å². The van der Waals surface area contributed by atoms with Gasteiger partial charge in [-0.2, -0.15) is 0 Å². The van der Waals surface area contributed by atoms with E-state index in [1.165, 1.54) is 0 Å². The summed E-state index contributed by atoms with van der Waals surface area (Å²) in [6.45, 7) is 9.26. The molecule has 29 heavy (non-hydrogen) atoms. The first-order valence-corrected chi connectivity index (χ1v) is 9.77. The van der Waals surface area contributed by atoms with Gasteiger partial charge in [0.1, 0.15) is 17.9 Å². The molecule has 1 atom stereocenters. The van der Waals surface area contributed by atoms with E-state index in [1.54, 1.807) is 31.9 Å². The number of rotatable bonds is 9. The number of benzene rings is 1. The molecule has 156 valence electrons. The van der Waals surface area contributed by atoms with Gasteiger partial charge in [-0.15, -0.1) is 0 Å². The van der Waals surface area contributed by atoms with Crippen LogP contribution >= 0.6 is 0 Å². The van der Waals surface area contributed by atoms with Crippen LogP contribution in [0.1, 0.15) is 40.2 Å². The summed E-state index contributed by atoms with van der Waals surface area (Å²) in [5.41, 5.74) is 2.04. The lowest BCUT2D eigenvalue weighted by Crippen LogP contribution is -2.37. The molecule has 7 heteroatoms. The van der Waals surface area contributed by atoms with Crippen molar-refractivity contribution in [2.75, 3.05) is 26.9 Å². The van der Waals surface area contributed by atoms with Crippen molar-refractivity contribution in [3.05, 3.63) is 53.4 Å². The quantitative estimate of drug-likeness (QED) is 0.598. The molecule has 1 aliphatic rings. The standard InChI is InChI=1S/C22H28N2O5/c1-5-10-28-19-9-8-17(12-20(19)26-4)13-24(14-18-7-6-11-27-18)22(25)21-15(2)23-29-16(21)3/h5,8-9,12,18H,1,6-7,10-11,13-14H2,2-4H3/t18-/m0/s1. The summed E-state index contributed by atoms with van der Waals surface area (Å²) in [6, 6.07) is 5.67. The van der Waals surface area contributed by atoms with Gasteiger partial charge in [0.25, 0.3) is 5.91 Å². The number of nitrogens with zero attached hydrogens (tertiary/aromatic N) is 2. The molecule has 2 heterocycles. The number of aromatic nitrogens is 1. The molecule has 0 unspecified atom stereocenters. The summed E-state index contributed by atoms with van der Waals surface area (Å²) in [7, 11) is 1.60. The Morgan fingerprint density at radius 1 is 1.38 bits per heavy atom. The minimum Gasteiger partial charge on any atom is -0.493 e. The molecular weight excluding hydrogens is 372 g/mol. The van der Waals surface area contributed by atoms with Crippen LogP contribution in [-0.2, 0) is 11.3 Å². The summed E-state index contributed by atoms with van der Waals surface area (Å²) < 4.78 is 22.0. The highest BCUT2D eigenvalue weighted by molar-refractivity contribution is 5.96. The molecule has 0 saturated carbocycles. The van der Waals surface area contributed by atoms with Gasteiger partial charge in [-0.1, -0.05) is 23.9 Å². The third-order valence-corrected chi connectivity index (χ3v) is 4.94. The van der Waals surface area contributed by atoms with Crippen molar-refractivity contribution >= 4 is 5.91 Å². The number of hydrogen-bond donors (Lipinski definition) is 0. The van der Waals surface area contributed by atoms with Crippen molar-refractivity contribution in [2.45, 2.75) is 39.3 Å². The zero-order valence-electron chi connectivity index (χ0n) is 17.3. The molecule has 3 rings (SSSR count). The number of amides is 1. The number of carbonyl (C=O) groups excluding carboxylic acids is 1. The minimum atomic E-state index is -0.109. The molecule has 1 aromatic heterocycles. The van der Waals surface area contributed by atoms with Gasteiger partial charge in [-0.25, -0.2) is 0 Å². The van der Waals surface area contributed by atoms with Crippen molar-refractivity contribution in [1.29, 1.82) is 0 Å². The van der Waals surface area contributed by atoms with Gasteiger partial charge >= 0.3 is 0 Å². The minimum absolute atomic E-state index is 0.0384. The van der Waals surface area contributed by atoms with Crippen molar-refractivity contribution < 1.29 is 23.5 Å². The highest BCUT2D eigenvalue weighted by Crippen LogP contribution is 2.29. The maximum absolute atomic E-state index is 13.3. The Kier molecular flexibility index (Phi) is 6.93. The molecule has 0 N–H and O–H groups in total.